The molecule has 12 nitrogen and oxygen atoms in total. The maximum atomic E-state index is 13.0. The summed E-state index contributed by atoms with van der Waals surface area (Å²) in [6.45, 7) is 1.53. The summed E-state index contributed by atoms with van der Waals surface area (Å²) in [6, 6.07) is 2.52. The summed E-state index contributed by atoms with van der Waals surface area (Å²) in [7, 11) is 1.72. The van der Waals surface area contributed by atoms with E-state index < -0.39 is 48.0 Å². The van der Waals surface area contributed by atoms with Gasteiger partial charge in [-0.15, -0.1) is 11.6 Å². The summed E-state index contributed by atoms with van der Waals surface area (Å²) in [5.41, 5.74) is -2.94. The van der Waals surface area contributed by atoms with Crippen LogP contribution in [0.2, 0.25) is 0 Å². The van der Waals surface area contributed by atoms with Crippen LogP contribution in [-0.2, 0) is 19.1 Å². The minimum atomic E-state index is -2.43. The second-order valence-corrected chi connectivity index (χ2v) is 8.26. The van der Waals surface area contributed by atoms with Crippen LogP contribution in [0.25, 0.3) is 0 Å². The lowest BCUT2D eigenvalue weighted by atomic mass is 9.94. The normalized spacial score (nSPS) is 26.2. The van der Waals surface area contributed by atoms with Crippen LogP contribution < -0.4 is 24.8 Å². The molecule has 3 heterocycles. The molecule has 0 aromatic heterocycles. The fraction of sp³-hybridized carbons (Fsp3) is 0.500. The van der Waals surface area contributed by atoms with Crippen LogP contribution >= 0.6 is 11.6 Å². The lowest BCUT2D eigenvalue weighted by Crippen LogP contribution is -2.57. The summed E-state index contributed by atoms with van der Waals surface area (Å²) in [5, 5.41) is 16.2. The van der Waals surface area contributed by atoms with E-state index in [1.54, 1.807) is 7.05 Å². The van der Waals surface area contributed by atoms with Gasteiger partial charge in [0.2, 0.25) is 5.75 Å². The van der Waals surface area contributed by atoms with Crippen LogP contribution in [0.4, 0.5) is 0 Å². The zero-order valence-corrected chi connectivity index (χ0v) is 18.3. The van der Waals surface area contributed by atoms with E-state index >= 15 is 0 Å². The molecule has 3 aliphatic rings. The number of esters is 3. The number of carbonyl (C=O) groups excluding carboxylic acids is 4. The quantitative estimate of drug-likeness (QED) is 0.207. The number of benzene rings is 1. The van der Waals surface area contributed by atoms with E-state index in [0.717, 1.165) is 0 Å². The minimum Gasteiger partial charge on any atom is -0.422 e. The zero-order valence-electron chi connectivity index (χ0n) is 17.6. The fourth-order valence-electron chi connectivity index (χ4n) is 3.79. The van der Waals surface area contributed by atoms with E-state index in [1.165, 1.54) is 12.1 Å². The van der Waals surface area contributed by atoms with Crippen molar-refractivity contribution in [2.75, 3.05) is 33.4 Å². The highest BCUT2D eigenvalue weighted by Crippen LogP contribution is 2.44. The molecule has 1 aromatic carbocycles. The molecule has 0 saturated carbocycles. The largest absolute Gasteiger partial charge is 0.422 e. The Morgan fingerprint density at radius 2 is 1.94 bits per heavy atom. The van der Waals surface area contributed by atoms with Crippen LogP contribution in [0.1, 0.15) is 23.2 Å². The lowest BCUT2D eigenvalue weighted by Gasteiger charge is -2.37. The monoisotopic (exact) mass is 483 g/mol. The van der Waals surface area contributed by atoms with Crippen molar-refractivity contribution in [1.82, 2.24) is 15.5 Å². The number of hydrogen-bond donors (Lipinski definition) is 3. The number of ether oxygens (including phenoxy) is 4. The third-order valence-electron chi connectivity index (χ3n) is 5.51. The number of nitrogens with one attached hydrogen (secondary N) is 2. The molecule has 13 heteroatoms. The number of likely N-dealkylation sites (N-methyl/N-ethyl adjacent to an activating group) is 1. The number of amides is 1. The minimum absolute atomic E-state index is 0.129. The molecular formula is C20H22ClN3O9. The van der Waals surface area contributed by atoms with E-state index in [2.05, 4.69) is 10.6 Å². The van der Waals surface area contributed by atoms with Crippen molar-refractivity contribution in [1.29, 1.82) is 0 Å². The molecule has 3 atom stereocenters. The van der Waals surface area contributed by atoms with Gasteiger partial charge in [-0.2, -0.15) is 0 Å². The second kappa shape index (κ2) is 9.23. The average Bonchev–Trinajstić information content (AvgIpc) is 2.75. The van der Waals surface area contributed by atoms with Crippen LogP contribution in [0.3, 0.4) is 0 Å². The van der Waals surface area contributed by atoms with Gasteiger partial charge in [-0.1, -0.05) is 0 Å². The van der Waals surface area contributed by atoms with Gasteiger partial charge in [0.15, 0.2) is 17.1 Å². The Morgan fingerprint density at radius 3 is 2.64 bits per heavy atom. The first-order valence-corrected chi connectivity index (χ1v) is 10.6. The Kier molecular flexibility index (Phi) is 6.54. The molecule has 1 fully saturated rings. The summed E-state index contributed by atoms with van der Waals surface area (Å²) in [6.07, 6.45) is -1.95. The molecule has 0 spiro atoms. The first kappa shape index (κ1) is 23.4. The van der Waals surface area contributed by atoms with Crippen LogP contribution in [-0.4, -0.2) is 84.4 Å². The number of aliphatic hydroxyl groups is 1. The molecular weight excluding hydrogens is 462 g/mol. The molecule has 3 N–H and O–H groups in total. The van der Waals surface area contributed by atoms with Crippen LogP contribution in [0, 0.1) is 0 Å². The maximum absolute atomic E-state index is 13.0. The smallest absolute Gasteiger partial charge is 0.345 e. The predicted octanol–water partition coefficient (Wildman–Crippen LogP) is -0.886. The van der Waals surface area contributed by atoms with Crippen molar-refractivity contribution >= 4 is 35.4 Å². The highest BCUT2D eigenvalue weighted by Gasteiger charge is 2.48. The topological polar surface area (TPSA) is 153 Å². The predicted molar refractivity (Wildman–Crippen MR) is 110 cm³/mol. The Hall–Kier alpha value is -2.77. The van der Waals surface area contributed by atoms with Gasteiger partial charge in [0.25, 0.3) is 5.91 Å². The number of alkyl halides is 1. The number of rotatable bonds is 5. The Balaban J connectivity index is 1.61. The molecule has 2 bridgehead atoms. The van der Waals surface area contributed by atoms with Crippen molar-refractivity contribution in [2.45, 2.75) is 30.1 Å². The van der Waals surface area contributed by atoms with E-state index in [-0.39, 0.29) is 35.3 Å². The van der Waals surface area contributed by atoms with Crippen LogP contribution in [0.5, 0.6) is 17.2 Å². The fourth-order valence-corrected chi connectivity index (χ4v) is 4.11. The lowest BCUT2D eigenvalue weighted by molar-refractivity contribution is -0.170. The highest BCUT2D eigenvalue weighted by molar-refractivity contribution is 6.20. The molecule has 4 rings (SSSR count). The highest BCUT2D eigenvalue weighted by atomic mass is 35.5. The molecule has 1 amide bonds. The van der Waals surface area contributed by atoms with Crippen molar-refractivity contribution in [3.05, 3.63) is 17.7 Å². The zero-order chi connectivity index (χ0) is 23.8. The number of halogens is 1. The molecule has 0 aliphatic carbocycles. The SMILES string of the molecule is CNC(CNC(=O)c1ccc2c3c1OC(=O)CC(O)(CC(=O)O2)C(=O)O3)N1CCOCC1Cl. The van der Waals surface area contributed by atoms with Crippen molar-refractivity contribution in [2.24, 2.45) is 0 Å². The van der Waals surface area contributed by atoms with E-state index in [0.29, 0.717) is 19.8 Å². The first-order valence-electron chi connectivity index (χ1n) is 10.2. The van der Waals surface area contributed by atoms with Gasteiger partial charge in [-0.25, -0.2) is 4.79 Å². The molecule has 0 radical (unpaired) electrons. The van der Waals surface area contributed by atoms with Gasteiger partial charge in [-0.3, -0.25) is 19.3 Å². The standard InChI is InChI=1S/C20H22ClN3O9/c1-22-13(24-4-5-30-9-12(24)21)8-23-18(27)10-2-3-11-17-16(10)32-15(26)7-20(29,19(28)33-17)6-14(25)31-11/h2-3,12-13,22,29H,4-9H2,1H3,(H,23,27). The van der Waals surface area contributed by atoms with E-state index in [4.69, 9.17) is 30.5 Å². The van der Waals surface area contributed by atoms with E-state index in [9.17, 15) is 24.3 Å². The maximum Gasteiger partial charge on any atom is 0.345 e. The Morgan fingerprint density at radius 1 is 1.21 bits per heavy atom. The number of carbonyl (C=O) groups is 4. The van der Waals surface area contributed by atoms with Gasteiger partial charge >= 0.3 is 17.9 Å². The molecule has 33 heavy (non-hydrogen) atoms. The number of nitrogens with zero attached hydrogens (tertiary/aromatic N) is 1. The Bertz CT molecular complexity index is 1000. The van der Waals surface area contributed by atoms with Crippen LogP contribution in [0.15, 0.2) is 12.1 Å². The van der Waals surface area contributed by atoms with Gasteiger partial charge < -0.3 is 34.7 Å². The Labute approximate surface area is 193 Å². The van der Waals surface area contributed by atoms with Crippen molar-refractivity contribution in [3.8, 4) is 17.2 Å². The third-order valence-corrected chi connectivity index (χ3v) is 5.88. The summed E-state index contributed by atoms with van der Waals surface area (Å²) in [4.78, 5) is 51.9. The number of morpholine rings is 1. The molecule has 178 valence electrons. The molecule has 3 aliphatic heterocycles. The van der Waals surface area contributed by atoms with Gasteiger partial charge in [0.05, 0.1) is 37.8 Å². The molecule has 1 saturated heterocycles. The van der Waals surface area contributed by atoms with Crippen molar-refractivity contribution < 1.29 is 43.2 Å². The summed E-state index contributed by atoms with van der Waals surface area (Å²) >= 11 is 6.30. The first-order chi connectivity index (χ1) is 15.7. The third kappa shape index (κ3) is 4.66. The number of hydrogen-bond acceptors (Lipinski definition) is 11. The van der Waals surface area contributed by atoms with Gasteiger partial charge in [0, 0.05) is 13.1 Å². The summed E-state index contributed by atoms with van der Waals surface area (Å²) in [5.74, 6) is -4.85. The average molecular weight is 484 g/mol. The van der Waals surface area contributed by atoms with Gasteiger partial charge in [-0.05, 0) is 19.2 Å². The van der Waals surface area contributed by atoms with Gasteiger partial charge in [0.1, 0.15) is 5.50 Å². The molecule has 3 unspecified atom stereocenters. The van der Waals surface area contributed by atoms with E-state index in [1.807, 2.05) is 4.90 Å². The summed E-state index contributed by atoms with van der Waals surface area (Å²) < 4.78 is 20.9. The molecule has 1 aromatic rings. The second-order valence-electron chi connectivity index (χ2n) is 7.75. The number of fused-ring (bicyclic) bond motifs is 2. The van der Waals surface area contributed by atoms with Crippen molar-refractivity contribution in [3.63, 3.8) is 0 Å².